The predicted octanol–water partition coefficient (Wildman–Crippen LogP) is 7.01. The smallest absolute Gasteiger partial charge is 0.388 e. The third-order valence-electron chi connectivity index (χ3n) is 5.87. The van der Waals surface area contributed by atoms with E-state index < -0.39 is 17.7 Å². The van der Waals surface area contributed by atoms with Gasteiger partial charge in [-0.15, -0.1) is 0 Å². The van der Waals surface area contributed by atoms with Gasteiger partial charge in [-0.2, -0.15) is 13.2 Å². The molecule has 2 aromatic rings. The maximum Gasteiger partial charge on any atom is 0.416 e. The van der Waals surface area contributed by atoms with Crippen LogP contribution in [0.15, 0.2) is 60.8 Å². The number of alkyl halides is 3. The molecule has 0 aromatic heterocycles. The lowest BCUT2D eigenvalue weighted by molar-refractivity contribution is -0.137. The Morgan fingerprint density at radius 3 is 2.58 bits per heavy atom. The average molecular weight is 477 g/mol. The number of carbonyl (C=O) groups is 1. The fourth-order valence-electron chi connectivity index (χ4n) is 4.10. The van der Waals surface area contributed by atoms with Crippen molar-refractivity contribution in [1.29, 1.82) is 0 Å². The van der Waals surface area contributed by atoms with E-state index >= 15 is 0 Å². The fraction of sp³-hybridized carbons (Fsp3) is 0.346. The molecule has 7 heteroatoms. The van der Waals surface area contributed by atoms with E-state index in [2.05, 4.69) is 31.8 Å². The van der Waals surface area contributed by atoms with E-state index in [4.69, 9.17) is 11.6 Å². The first-order valence-corrected chi connectivity index (χ1v) is 11.4. The number of benzene rings is 2. The summed E-state index contributed by atoms with van der Waals surface area (Å²) in [4.78, 5) is 14.4. The Balaban J connectivity index is 1.60. The molecule has 1 atom stereocenters. The van der Waals surface area contributed by atoms with Crippen molar-refractivity contribution in [2.24, 2.45) is 5.92 Å². The number of halogens is 4. The second kappa shape index (κ2) is 10.5. The molecule has 176 valence electrons. The van der Waals surface area contributed by atoms with Crippen molar-refractivity contribution < 1.29 is 18.0 Å². The van der Waals surface area contributed by atoms with E-state index in [1.54, 1.807) is 0 Å². The van der Waals surface area contributed by atoms with E-state index in [0.29, 0.717) is 35.9 Å². The Morgan fingerprint density at radius 1 is 1.24 bits per heavy atom. The molecule has 1 aliphatic heterocycles. The summed E-state index contributed by atoms with van der Waals surface area (Å²) in [5.41, 5.74) is 3.81. The highest BCUT2D eigenvalue weighted by molar-refractivity contribution is 6.30. The fourth-order valence-corrected chi connectivity index (χ4v) is 4.28. The van der Waals surface area contributed by atoms with E-state index in [0.717, 1.165) is 36.1 Å². The summed E-state index contributed by atoms with van der Waals surface area (Å²) >= 11 is 6.19. The lowest BCUT2D eigenvalue weighted by Gasteiger charge is -2.19. The van der Waals surface area contributed by atoms with Crippen LogP contribution >= 0.6 is 11.6 Å². The molecule has 1 amide bonds. The highest BCUT2D eigenvalue weighted by Crippen LogP contribution is 2.33. The van der Waals surface area contributed by atoms with Crippen molar-refractivity contribution in [1.82, 2.24) is 5.32 Å². The molecule has 3 nitrogen and oxygen atoms in total. The van der Waals surface area contributed by atoms with Gasteiger partial charge in [0.05, 0.1) is 11.5 Å². The van der Waals surface area contributed by atoms with Gasteiger partial charge in [-0.3, -0.25) is 4.79 Å². The van der Waals surface area contributed by atoms with Crippen LogP contribution in [0.2, 0.25) is 5.02 Å². The van der Waals surface area contributed by atoms with Crippen LogP contribution in [0, 0.1) is 12.8 Å². The second-order valence-corrected chi connectivity index (χ2v) is 8.61. The van der Waals surface area contributed by atoms with Crippen molar-refractivity contribution in [3.8, 4) is 0 Å². The van der Waals surface area contributed by atoms with Gasteiger partial charge in [0.1, 0.15) is 0 Å². The van der Waals surface area contributed by atoms with Gasteiger partial charge in [-0.05, 0) is 79.3 Å². The molecule has 0 aliphatic carbocycles. The van der Waals surface area contributed by atoms with Gasteiger partial charge in [0.25, 0.3) is 0 Å². The Kier molecular flexibility index (Phi) is 7.90. The van der Waals surface area contributed by atoms with Gasteiger partial charge >= 0.3 is 6.18 Å². The maximum absolute atomic E-state index is 12.9. The number of nitrogens with one attached hydrogen (secondary N) is 1. The molecular formula is C26H28ClF3N2O. The zero-order valence-electron chi connectivity index (χ0n) is 18.8. The summed E-state index contributed by atoms with van der Waals surface area (Å²) in [5, 5.41) is 3.97. The molecule has 0 bridgehead atoms. The molecule has 0 radical (unpaired) electrons. The molecule has 1 heterocycles. The quantitative estimate of drug-likeness (QED) is 0.444. The maximum atomic E-state index is 12.9. The number of allylic oxidation sites excluding steroid dienone is 1. The highest BCUT2D eigenvalue weighted by Gasteiger charge is 2.35. The molecular weight excluding hydrogens is 449 g/mol. The van der Waals surface area contributed by atoms with Crippen LogP contribution in [0.25, 0.3) is 5.57 Å². The molecule has 3 rings (SSSR count). The molecule has 1 saturated heterocycles. The molecule has 0 spiro atoms. The molecule has 33 heavy (non-hydrogen) atoms. The summed E-state index contributed by atoms with van der Waals surface area (Å²) in [7, 11) is 0. The van der Waals surface area contributed by atoms with Crippen LogP contribution in [-0.2, 0) is 11.0 Å². The average Bonchev–Trinajstić information content (AvgIpc) is 3.15. The van der Waals surface area contributed by atoms with Crippen LogP contribution < -0.4 is 10.2 Å². The number of rotatable bonds is 8. The highest BCUT2D eigenvalue weighted by atomic mass is 35.5. The predicted molar refractivity (Wildman–Crippen MR) is 128 cm³/mol. The summed E-state index contributed by atoms with van der Waals surface area (Å²) in [5.74, 6) is -0.555. The normalized spacial score (nSPS) is 16.9. The topological polar surface area (TPSA) is 32.3 Å². The Bertz CT molecular complexity index is 1040. The number of hydrogen-bond donors (Lipinski definition) is 1. The Morgan fingerprint density at radius 2 is 1.94 bits per heavy atom. The van der Waals surface area contributed by atoms with Gasteiger partial charge in [0.2, 0.25) is 5.91 Å². The van der Waals surface area contributed by atoms with Crippen molar-refractivity contribution in [3.63, 3.8) is 0 Å². The zero-order chi connectivity index (χ0) is 24.2. The number of amides is 1. The van der Waals surface area contributed by atoms with Crippen molar-refractivity contribution in [2.75, 3.05) is 18.0 Å². The van der Waals surface area contributed by atoms with Crippen molar-refractivity contribution in [3.05, 3.63) is 82.5 Å². The first-order chi connectivity index (χ1) is 15.6. The summed E-state index contributed by atoms with van der Waals surface area (Å²) in [6.45, 7) is 9.25. The first kappa shape index (κ1) is 24.9. The van der Waals surface area contributed by atoms with Crippen LogP contribution in [0.1, 0.15) is 42.9 Å². The number of nitrogens with zero attached hydrogens (tertiary/aromatic N) is 1. The van der Waals surface area contributed by atoms with E-state index in [9.17, 15) is 18.0 Å². The van der Waals surface area contributed by atoms with Gasteiger partial charge in [-0.1, -0.05) is 37.2 Å². The van der Waals surface area contributed by atoms with E-state index in [1.807, 2.05) is 18.2 Å². The summed E-state index contributed by atoms with van der Waals surface area (Å²) in [6.07, 6.45) is -0.0150. The van der Waals surface area contributed by atoms with Gasteiger partial charge in [0.15, 0.2) is 0 Å². The molecule has 1 fully saturated rings. The largest absolute Gasteiger partial charge is 0.416 e. The molecule has 2 aromatic carbocycles. The third-order valence-corrected chi connectivity index (χ3v) is 6.11. The monoisotopic (exact) mass is 476 g/mol. The summed E-state index contributed by atoms with van der Waals surface area (Å²) < 4.78 is 38.4. The first-order valence-electron chi connectivity index (χ1n) is 11.0. The SMILES string of the molecule is C=C(NCC/C(=C/CC)c1cc(Cl)ccc1C)C1CCN(c2ccc(C(F)(F)F)cc2)C1=O. The second-order valence-electron chi connectivity index (χ2n) is 8.17. The van der Waals surface area contributed by atoms with Gasteiger partial charge in [-0.25, -0.2) is 0 Å². The zero-order valence-corrected chi connectivity index (χ0v) is 19.6. The van der Waals surface area contributed by atoms with Crippen molar-refractivity contribution >= 4 is 28.8 Å². The minimum atomic E-state index is -4.40. The number of aryl methyl sites for hydroxylation is 1. The summed E-state index contributed by atoms with van der Waals surface area (Å²) in [6, 6.07) is 10.5. The lowest BCUT2D eigenvalue weighted by atomic mass is 9.97. The molecule has 1 aliphatic rings. The lowest BCUT2D eigenvalue weighted by Crippen LogP contribution is -2.30. The standard InChI is InChI=1S/C26H28ClF3N2O/c1-4-5-19(24-16-21(27)9-6-17(24)2)12-14-31-18(3)23-13-15-32(25(23)33)22-10-7-20(8-11-22)26(28,29)30/h5-11,16,23,31H,3-4,12-15H2,1-2H3/b19-5-. The van der Waals surface area contributed by atoms with Crippen LogP contribution in [-0.4, -0.2) is 19.0 Å². The third kappa shape index (κ3) is 5.99. The molecule has 0 saturated carbocycles. The Labute approximate surface area is 197 Å². The van der Waals surface area contributed by atoms with Crippen LogP contribution in [0.4, 0.5) is 18.9 Å². The van der Waals surface area contributed by atoms with Crippen LogP contribution in [0.5, 0.6) is 0 Å². The number of anilines is 1. The van der Waals surface area contributed by atoms with Gasteiger partial charge < -0.3 is 10.2 Å². The molecule has 1 N–H and O–H groups in total. The Hall–Kier alpha value is -2.73. The minimum absolute atomic E-state index is 0.151. The number of carbonyl (C=O) groups excluding carboxylic acids is 1. The van der Waals surface area contributed by atoms with E-state index in [1.165, 1.54) is 22.6 Å². The molecule has 1 unspecified atom stereocenters. The number of hydrogen-bond acceptors (Lipinski definition) is 2. The van der Waals surface area contributed by atoms with Crippen LogP contribution in [0.3, 0.4) is 0 Å². The van der Waals surface area contributed by atoms with Crippen molar-refractivity contribution in [2.45, 2.75) is 39.3 Å². The van der Waals surface area contributed by atoms with Gasteiger partial charge in [0, 0.05) is 29.5 Å². The van der Waals surface area contributed by atoms with E-state index in [-0.39, 0.29) is 5.91 Å². The minimum Gasteiger partial charge on any atom is -0.388 e.